The third-order valence-corrected chi connectivity index (χ3v) is 6.34. The molecule has 0 bridgehead atoms. The van der Waals surface area contributed by atoms with E-state index in [4.69, 9.17) is 0 Å². The van der Waals surface area contributed by atoms with Crippen LogP contribution in [0.1, 0.15) is 19.8 Å². The van der Waals surface area contributed by atoms with Crippen LogP contribution in [0.5, 0.6) is 0 Å². The van der Waals surface area contributed by atoms with Crippen molar-refractivity contribution in [3.8, 4) is 11.3 Å². The number of nitrogens with one attached hydrogen (secondary N) is 4. The van der Waals surface area contributed by atoms with E-state index in [9.17, 15) is 17.2 Å². The Hall–Kier alpha value is -2.57. The Labute approximate surface area is 179 Å². The van der Waals surface area contributed by atoms with E-state index in [1.807, 2.05) is 0 Å². The first-order chi connectivity index (χ1) is 14.1. The summed E-state index contributed by atoms with van der Waals surface area (Å²) in [5.41, 5.74) is -0.118. The lowest BCUT2D eigenvalue weighted by Crippen LogP contribution is -2.38. The normalized spacial score (nSPS) is 15.1. The summed E-state index contributed by atoms with van der Waals surface area (Å²) in [7, 11) is -4.01. The van der Waals surface area contributed by atoms with Crippen LogP contribution in [0.2, 0.25) is 0 Å². The predicted octanol–water partition coefficient (Wildman–Crippen LogP) is 4.05. The molecule has 0 spiro atoms. The Morgan fingerprint density at radius 3 is 2.57 bits per heavy atom. The second-order valence-electron chi connectivity index (χ2n) is 7.25. The zero-order valence-corrected chi connectivity index (χ0v) is 18.0. The number of H-pyrrole nitrogens is 1. The summed E-state index contributed by atoms with van der Waals surface area (Å²) < 4.78 is 59.7. The topological polar surface area (TPSA) is 112 Å². The standard InChI is InChI=1S/C18H17BrF2N6O2S/c1-18(4-5-18)26-30(28,29)25-17-12(16-9-22-27-24-16)7-11(20)8-15(17)23-14-3-2-10(19)6-13(14)21/h2-3,6-9,23,25-26H,4-5H2,1H3,(H,22,24,27). The molecule has 8 nitrogen and oxygen atoms in total. The number of hydrogen-bond donors (Lipinski definition) is 4. The van der Waals surface area contributed by atoms with Gasteiger partial charge in [0.15, 0.2) is 0 Å². The number of nitrogens with zero attached hydrogens (tertiary/aromatic N) is 2. The van der Waals surface area contributed by atoms with E-state index < -0.39 is 27.4 Å². The minimum Gasteiger partial charge on any atom is -0.351 e. The van der Waals surface area contributed by atoms with Crippen LogP contribution in [-0.4, -0.2) is 29.4 Å². The molecule has 0 saturated heterocycles. The lowest BCUT2D eigenvalue weighted by Gasteiger charge is -2.20. The molecule has 1 heterocycles. The van der Waals surface area contributed by atoms with Crippen molar-refractivity contribution in [2.45, 2.75) is 25.3 Å². The van der Waals surface area contributed by atoms with Crippen LogP contribution in [0.25, 0.3) is 11.3 Å². The molecular formula is C18H17BrF2N6O2S. The van der Waals surface area contributed by atoms with Crippen LogP contribution in [0.3, 0.4) is 0 Å². The molecule has 1 aliphatic carbocycles. The number of anilines is 3. The number of benzene rings is 2. The first-order valence-electron chi connectivity index (χ1n) is 8.88. The molecule has 4 N–H and O–H groups in total. The maximum absolute atomic E-state index is 14.4. The minimum atomic E-state index is -4.01. The van der Waals surface area contributed by atoms with Crippen molar-refractivity contribution in [1.29, 1.82) is 0 Å². The number of rotatable bonds is 7. The van der Waals surface area contributed by atoms with E-state index in [0.29, 0.717) is 17.3 Å². The number of hydrogen-bond acceptors (Lipinski definition) is 5. The highest BCUT2D eigenvalue weighted by atomic mass is 79.9. The molecule has 1 aliphatic rings. The van der Waals surface area contributed by atoms with E-state index in [1.54, 1.807) is 13.0 Å². The average molecular weight is 499 g/mol. The molecule has 1 fully saturated rings. The van der Waals surface area contributed by atoms with Gasteiger partial charge >= 0.3 is 0 Å². The van der Waals surface area contributed by atoms with Gasteiger partial charge in [0.1, 0.15) is 17.3 Å². The van der Waals surface area contributed by atoms with Crippen molar-refractivity contribution < 1.29 is 17.2 Å². The molecule has 0 amide bonds. The minimum absolute atomic E-state index is 0.00405. The predicted molar refractivity (Wildman–Crippen MR) is 112 cm³/mol. The van der Waals surface area contributed by atoms with E-state index in [2.05, 4.69) is 46.1 Å². The maximum atomic E-state index is 14.4. The fourth-order valence-corrected chi connectivity index (χ4v) is 4.58. The van der Waals surface area contributed by atoms with E-state index in [-0.39, 0.29) is 28.3 Å². The second kappa shape index (κ2) is 7.60. The summed E-state index contributed by atoms with van der Waals surface area (Å²) in [6.45, 7) is 1.78. The molecule has 0 atom stereocenters. The van der Waals surface area contributed by atoms with E-state index in [0.717, 1.165) is 12.1 Å². The van der Waals surface area contributed by atoms with Gasteiger partial charge in [0.2, 0.25) is 0 Å². The van der Waals surface area contributed by atoms with Gasteiger partial charge < -0.3 is 5.32 Å². The summed E-state index contributed by atoms with van der Waals surface area (Å²) in [4.78, 5) is 0. The largest absolute Gasteiger partial charge is 0.351 e. The van der Waals surface area contributed by atoms with Gasteiger partial charge in [-0.05, 0) is 50.1 Å². The zero-order chi connectivity index (χ0) is 21.5. The lowest BCUT2D eigenvalue weighted by molar-refractivity contribution is 0.563. The molecule has 3 aromatic rings. The maximum Gasteiger partial charge on any atom is 0.299 e. The average Bonchev–Trinajstić information content (AvgIpc) is 3.14. The van der Waals surface area contributed by atoms with Crippen molar-refractivity contribution in [3.63, 3.8) is 0 Å². The first kappa shape index (κ1) is 20.7. The highest BCUT2D eigenvalue weighted by Gasteiger charge is 2.41. The zero-order valence-electron chi connectivity index (χ0n) is 15.6. The van der Waals surface area contributed by atoms with Gasteiger partial charge in [-0.25, -0.2) is 8.78 Å². The smallest absolute Gasteiger partial charge is 0.299 e. The van der Waals surface area contributed by atoms with E-state index >= 15 is 0 Å². The number of halogens is 3. The fourth-order valence-electron chi connectivity index (χ4n) is 2.86. The monoisotopic (exact) mass is 498 g/mol. The van der Waals surface area contributed by atoms with Crippen molar-refractivity contribution >= 4 is 43.2 Å². The number of aromatic nitrogens is 3. The summed E-state index contributed by atoms with van der Waals surface area (Å²) in [6, 6.07) is 6.48. The van der Waals surface area contributed by atoms with Gasteiger partial charge in [0.25, 0.3) is 10.2 Å². The Bertz CT molecular complexity index is 1200. The Balaban J connectivity index is 1.80. The SMILES string of the molecule is CC1(NS(=O)(=O)Nc2c(Nc3ccc(Br)cc3F)cc(F)cc2-c2cn[nH]n2)CC1. The lowest BCUT2D eigenvalue weighted by atomic mass is 10.1. The second-order valence-corrected chi connectivity index (χ2v) is 9.58. The molecule has 1 saturated carbocycles. The fraction of sp³-hybridized carbons (Fsp3) is 0.222. The molecule has 158 valence electrons. The van der Waals surface area contributed by atoms with Crippen molar-refractivity contribution in [2.24, 2.45) is 0 Å². The first-order valence-corrected chi connectivity index (χ1v) is 11.2. The van der Waals surface area contributed by atoms with Crippen LogP contribution in [-0.2, 0) is 10.2 Å². The van der Waals surface area contributed by atoms with Gasteiger partial charge in [-0.15, -0.1) is 0 Å². The Morgan fingerprint density at radius 1 is 1.17 bits per heavy atom. The molecule has 30 heavy (non-hydrogen) atoms. The van der Waals surface area contributed by atoms with Gasteiger partial charge in [0.05, 0.1) is 23.3 Å². The van der Waals surface area contributed by atoms with Gasteiger partial charge in [0, 0.05) is 15.6 Å². The molecule has 0 unspecified atom stereocenters. The summed E-state index contributed by atoms with van der Waals surface area (Å²) in [5, 5.41) is 12.8. The molecule has 0 radical (unpaired) electrons. The third-order valence-electron chi connectivity index (χ3n) is 4.61. The molecular weight excluding hydrogens is 482 g/mol. The Morgan fingerprint density at radius 2 is 1.93 bits per heavy atom. The highest BCUT2D eigenvalue weighted by molar-refractivity contribution is 9.10. The summed E-state index contributed by atoms with van der Waals surface area (Å²) >= 11 is 3.17. The molecule has 1 aromatic heterocycles. The third kappa shape index (κ3) is 4.60. The molecule has 12 heteroatoms. The van der Waals surface area contributed by atoms with Gasteiger partial charge in [-0.2, -0.15) is 28.6 Å². The van der Waals surface area contributed by atoms with Crippen LogP contribution < -0.4 is 14.8 Å². The molecule has 4 rings (SSSR count). The van der Waals surface area contributed by atoms with Crippen molar-refractivity contribution in [3.05, 3.63) is 52.6 Å². The van der Waals surface area contributed by atoms with Crippen molar-refractivity contribution in [1.82, 2.24) is 20.1 Å². The van der Waals surface area contributed by atoms with Crippen LogP contribution in [0, 0.1) is 11.6 Å². The van der Waals surface area contributed by atoms with E-state index in [1.165, 1.54) is 18.3 Å². The van der Waals surface area contributed by atoms with Crippen molar-refractivity contribution in [2.75, 3.05) is 10.0 Å². The number of aromatic amines is 1. The quantitative estimate of drug-likeness (QED) is 0.392. The summed E-state index contributed by atoms with van der Waals surface area (Å²) in [6.07, 6.45) is 2.75. The molecule has 2 aromatic carbocycles. The van der Waals surface area contributed by atoms with Gasteiger partial charge in [-0.1, -0.05) is 15.9 Å². The highest BCUT2D eigenvalue weighted by Crippen LogP contribution is 2.39. The summed E-state index contributed by atoms with van der Waals surface area (Å²) in [5.74, 6) is -1.27. The molecule has 0 aliphatic heterocycles. The van der Waals surface area contributed by atoms with Crippen LogP contribution in [0.4, 0.5) is 25.8 Å². The van der Waals surface area contributed by atoms with Gasteiger partial charge in [-0.3, -0.25) is 4.72 Å². The van der Waals surface area contributed by atoms with Crippen LogP contribution in [0.15, 0.2) is 41.0 Å². The van der Waals surface area contributed by atoms with Crippen LogP contribution >= 0.6 is 15.9 Å². The Kier molecular flexibility index (Phi) is 5.24.